The van der Waals surface area contributed by atoms with Crippen molar-refractivity contribution in [2.24, 2.45) is 0 Å². The third kappa shape index (κ3) is 4.27. The van der Waals surface area contributed by atoms with E-state index in [1.807, 2.05) is 24.3 Å². The zero-order valence-electron chi connectivity index (χ0n) is 16.2. The van der Waals surface area contributed by atoms with Crippen LogP contribution in [0.5, 0.6) is 11.5 Å². The summed E-state index contributed by atoms with van der Waals surface area (Å²) in [6, 6.07) is 7.21. The highest BCUT2D eigenvalue weighted by atomic mass is 32.2. The summed E-state index contributed by atoms with van der Waals surface area (Å²) in [7, 11) is -0.0560. The minimum atomic E-state index is -3.22. The van der Waals surface area contributed by atoms with Crippen LogP contribution < -0.4 is 9.47 Å². The second-order valence-electron chi connectivity index (χ2n) is 6.81. The smallest absolute Gasteiger partial charge is 0.224 e. The summed E-state index contributed by atoms with van der Waals surface area (Å²) in [6.07, 6.45) is 5.15. The highest BCUT2D eigenvalue weighted by Gasteiger charge is 2.33. The molecule has 0 saturated carbocycles. The number of fused-ring (bicyclic) bond motifs is 1. The highest BCUT2D eigenvalue weighted by Crippen LogP contribution is 2.41. The second-order valence-corrected chi connectivity index (χ2v) is 9.07. The molecule has 7 nitrogen and oxygen atoms in total. The number of hydrogen-bond acceptors (Lipinski definition) is 6. The van der Waals surface area contributed by atoms with E-state index in [-0.39, 0.29) is 24.1 Å². The van der Waals surface area contributed by atoms with Gasteiger partial charge in [0.05, 0.1) is 26.0 Å². The average Bonchev–Trinajstić information content (AvgIpc) is 2.70. The Kier molecular flexibility index (Phi) is 5.88. The Hall–Kier alpha value is -2.61. The molecule has 0 radical (unpaired) electrons. The van der Waals surface area contributed by atoms with E-state index in [4.69, 9.17) is 9.47 Å². The van der Waals surface area contributed by atoms with E-state index < -0.39 is 9.84 Å². The molecule has 150 valence electrons. The van der Waals surface area contributed by atoms with Crippen LogP contribution in [0.4, 0.5) is 0 Å². The van der Waals surface area contributed by atoms with Crippen LogP contribution >= 0.6 is 0 Å². The molecule has 28 heavy (non-hydrogen) atoms. The van der Waals surface area contributed by atoms with Crippen molar-refractivity contribution >= 4 is 15.7 Å². The Morgan fingerprint density at radius 1 is 1.25 bits per heavy atom. The lowest BCUT2D eigenvalue weighted by atomic mass is 9.88. The number of hydrogen-bond donors (Lipinski definition) is 0. The molecule has 0 bridgehead atoms. The van der Waals surface area contributed by atoms with Gasteiger partial charge in [-0.15, -0.1) is 0 Å². The van der Waals surface area contributed by atoms with Crippen molar-refractivity contribution in [2.45, 2.75) is 18.9 Å². The third-order valence-corrected chi connectivity index (χ3v) is 5.83. The average molecular weight is 404 g/mol. The summed E-state index contributed by atoms with van der Waals surface area (Å²) in [4.78, 5) is 18.8. The van der Waals surface area contributed by atoms with Crippen molar-refractivity contribution in [2.75, 3.05) is 32.8 Å². The zero-order chi connectivity index (χ0) is 20.3. The molecule has 2 heterocycles. The van der Waals surface area contributed by atoms with Crippen molar-refractivity contribution in [1.29, 1.82) is 0 Å². The fourth-order valence-corrected chi connectivity index (χ4v) is 4.07. The number of sulfone groups is 1. The van der Waals surface area contributed by atoms with E-state index in [2.05, 4.69) is 4.98 Å². The summed E-state index contributed by atoms with van der Waals surface area (Å²) in [6.45, 7) is 0.491. The van der Waals surface area contributed by atoms with E-state index in [1.165, 1.54) is 0 Å². The van der Waals surface area contributed by atoms with Crippen LogP contribution in [-0.2, 0) is 21.1 Å². The fraction of sp³-hybridized carbons (Fsp3) is 0.400. The molecule has 1 aromatic carbocycles. The maximum Gasteiger partial charge on any atom is 0.224 e. The molecule has 0 fully saturated rings. The van der Waals surface area contributed by atoms with Crippen molar-refractivity contribution in [3.8, 4) is 11.5 Å². The van der Waals surface area contributed by atoms with E-state index in [9.17, 15) is 13.2 Å². The first-order valence-corrected chi connectivity index (χ1v) is 11.0. The first-order valence-electron chi connectivity index (χ1n) is 8.96. The number of amides is 1. The molecule has 1 unspecified atom stereocenters. The van der Waals surface area contributed by atoms with Crippen molar-refractivity contribution in [1.82, 2.24) is 9.88 Å². The van der Waals surface area contributed by atoms with Gasteiger partial charge in [0.1, 0.15) is 9.84 Å². The largest absolute Gasteiger partial charge is 0.493 e. The lowest BCUT2D eigenvalue weighted by Crippen LogP contribution is -2.41. The summed E-state index contributed by atoms with van der Waals surface area (Å²) >= 11 is 0. The molecule has 1 aromatic heterocycles. The number of carbonyl (C=O) groups is 1. The first kappa shape index (κ1) is 20.1. The number of pyridine rings is 1. The van der Waals surface area contributed by atoms with Crippen LogP contribution in [0.2, 0.25) is 0 Å². The molecule has 1 amide bonds. The molecule has 1 aliphatic heterocycles. The summed E-state index contributed by atoms with van der Waals surface area (Å²) in [5.41, 5.74) is 2.87. The first-order chi connectivity index (χ1) is 13.3. The van der Waals surface area contributed by atoms with Gasteiger partial charge in [-0.2, -0.15) is 0 Å². The monoisotopic (exact) mass is 404 g/mol. The van der Waals surface area contributed by atoms with Gasteiger partial charge in [0, 0.05) is 31.6 Å². The molecular weight excluding hydrogens is 380 g/mol. The van der Waals surface area contributed by atoms with Gasteiger partial charge >= 0.3 is 0 Å². The Morgan fingerprint density at radius 3 is 2.57 bits per heavy atom. The molecule has 1 aliphatic rings. The maximum absolute atomic E-state index is 12.9. The number of carbonyl (C=O) groups excluding carboxylic acids is 1. The van der Waals surface area contributed by atoms with Crippen molar-refractivity contribution in [3.05, 3.63) is 53.3 Å². The van der Waals surface area contributed by atoms with Crippen LogP contribution in [0.3, 0.4) is 0 Å². The van der Waals surface area contributed by atoms with E-state index in [0.717, 1.165) is 22.9 Å². The van der Waals surface area contributed by atoms with Gasteiger partial charge in [0.2, 0.25) is 5.91 Å². The second kappa shape index (κ2) is 8.18. The number of aromatic nitrogens is 1. The number of ether oxygens (including phenoxy) is 2. The molecule has 1 atom stereocenters. The van der Waals surface area contributed by atoms with Crippen LogP contribution in [0.1, 0.15) is 29.2 Å². The maximum atomic E-state index is 12.9. The minimum Gasteiger partial charge on any atom is -0.493 e. The van der Waals surface area contributed by atoms with Gasteiger partial charge in [-0.3, -0.25) is 9.78 Å². The predicted molar refractivity (Wildman–Crippen MR) is 105 cm³/mol. The molecule has 0 N–H and O–H groups in total. The molecule has 0 spiro atoms. The van der Waals surface area contributed by atoms with Gasteiger partial charge in [-0.05, 0) is 41.3 Å². The fourth-order valence-electron chi connectivity index (χ4n) is 3.53. The predicted octanol–water partition coefficient (Wildman–Crippen LogP) is 2.01. The lowest BCUT2D eigenvalue weighted by Gasteiger charge is -2.38. The van der Waals surface area contributed by atoms with E-state index in [0.29, 0.717) is 24.5 Å². The normalized spacial score (nSPS) is 16.4. The van der Waals surface area contributed by atoms with Crippen molar-refractivity contribution in [3.63, 3.8) is 0 Å². The lowest BCUT2D eigenvalue weighted by molar-refractivity contribution is -0.132. The highest BCUT2D eigenvalue weighted by molar-refractivity contribution is 7.90. The molecule has 3 rings (SSSR count). The Labute approximate surface area is 165 Å². The summed E-state index contributed by atoms with van der Waals surface area (Å²) in [5.74, 6) is 0.865. The van der Waals surface area contributed by atoms with Crippen molar-refractivity contribution < 1.29 is 22.7 Å². The summed E-state index contributed by atoms with van der Waals surface area (Å²) < 4.78 is 33.9. The van der Waals surface area contributed by atoms with Gasteiger partial charge in [-0.25, -0.2) is 8.42 Å². The number of methoxy groups -OCH3 is 2. The molecule has 8 heteroatoms. The SMILES string of the molecule is COc1cc2c(cc1OC)C(c1cccnc1)N(C(=O)CCS(C)(=O)=O)CC2. The molecular formula is C20H24N2O5S. The Morgan fingerprint density at radius 2 is 1.96 bits per heavy atom. The van der Waals surface area contributed by atoms with Crippen LogP contribution in [-0.4, -0.2) is 57.0 Å². The number of nitrogens with zero attached hydrogens (tertiary/aromatic N) is 2. The molecule has 0 saturated heterocycles. The number of benzene rings is 1. The van der Waals surface area contributed by atoms with E-state index in [1.54, 1.807) is 31.5 Å². The van der Waals surface area contributed by atoms with Crippen LogP contribution in [0.25, 0.3) is 0 Å². The van der Waals surface area contributed by atoms with Gasteiger partial charge in [0.15, 0.2) is 11.5 Å². The van der Waals surface area contributed by atoms with Gasteiger partial charge in [-0.1, -0.05) is 6.07 Å². The number of rotatable bonds is 6. The summed E-state index contributed by atoms with van der Waals surface area (Å²) in [5, 5.41) is 0. The van der Waals surface area contributed by atoms with E-state index >= 15 is 0 Å². The zero-order valence-corrected chi connectivity index (χ0v) is 17.0. The quantitative estimate of drug-likeness (QED) is 0.732. The van der Waals surface area contributed by atoms with Gasteiger partial charge < -0.3 is 14.4 Å². The Bertz CT molecular complexity index is 960. The molecule has 0 aliphatic carbocycles. The standard InChI is InChI=1S/C20H24N2O5S/c1-26-17-11-14-6-9-22(19(23)7-10-28(3,24)25)20(15-5-4-8-21-13-15)16(14)12-18(17)27-2/h4-5,8,11-13,20H,6-7,9-10H2,1-3H3. The van der Waals surface area contributed by atoms with Crippen LogP contribution in [0.15, 0.2) is 36.7 Å². The van der Waals surface area contributed by atoms with Crippen LogP contribution in [0, 0.1) is 0 Å². The van der Waals surface area contributed by atoms with Gasteiger partial charge in [0.25, 0.3) is 0 Å². The minimum absolute atomic E-state index is 0.0434. The molecule has 2 aromatic rings. The third-order valence-electron chi connectivity index (χ3n) is 4.88. The Balaban J connectivity index is 2.05. The topological polar surface area (TPSA) is 85.8 Å².